The van der Waals surface area contributed by atoms with Gasteiger partial charge in [0.15, 0.2) is 0 Å². The zero-order valence-electron chi connectivity index (χ0n) is 11.5. The zero-order valence-corrected chi connectivity index (χ0v) is 11.5. The summed E-state index contributed by atoms with van der Waals surface area (Å²) >= 11 is 0. The second-order valence-corrected chi connectivity index (χ2v) is 5.06. The maximum absolute atomic E-state index is 7.79. The normalized spacial score (nSPS) is 18.6. The molecule has 1 aliphatic rings. The molecule has 2 aromatic rings. The lowest BCUT2D eigenvalue weighted by atomic mass is 10.1. The molecule has 3 rings (SSSR count). The molecule has 0 amide bonds. The van der Waals surface area contributed by atoms with Crippen molar-refractivity contribution in [1.29, 1.82) is 5.41 Å². The first-order chi connectivity index (χ1) is 9.69. The van der Waals surface area contributed by atoms with E-state index in [1.807, 2.05) is 30.3 Å². The molecule has 3 N–H and O–H groups in total. The number of methoxy groups -OCH3 is 1. The van der Waals surface area contributed by atoms with Crippen molar-refractivity contribution in [2.45, 2.75) is 12.5 Å². The van der Waals surface area contributed by atoms with Crippen LogP contribution in [0.2, 0.25) is 0 Å². The van der Waals surface area contributed by atoms with E-state index < -0.39 is 0 Å². The van der Waals surface area contributed by atoms with Gasteiger partial charge in [0.05, 0.1) is 17.2 Å². The maximum atomic E-state index is 7.79. The smallest absolute Gasteiger partial charge is 0.140 e. The number of ether oxygens (including phenoxy) is 1. The average molecular weight is 270 g/mol. The fourth-order valence-electron chi connectivity index (χ4n) is 2.66. The number of benzene rings is 1. The Balaban J connectivity index is 2.08. The molecule has 5 heteroatoms. The number of nitrogens with zero attached hydrogens (tertiary/aromatic N) is 2. The monoisotopic (exact) mass is 270 g/mol. The molecule has 1 atom stereocenters. The molecule has 104 valence electrons. The number of nitrogen functional groups attached to an aromatic ring is 1. The van der Waals surface area contributed by atoms with Gasteiger partial charge >= 0.3 is 0 Å². The van der Waals surface area contributed by atoms with Crippen LogP contribution in [0.25, 0.3) is 10.9 Å². The van der Waals surface area contributed by atoms with Gasteiger partial charge in [-0.2, -0.15) is 0 Å². The number of rotatable bonds is 3. The van der Waals surface area contributed by atoms with Crippen LogP contribution in [0.15, 0.2) is 30.3 Å². The number of para-hydroxylation sites is 1. The summed E-state index contributed by atoms with van der Waals surface area (Å²) in [5.41, 5.74) is 7.35. The molecule has 1 saturated heterocycles. The summed E-state index contributed by atoms with van der Waals surface area (Å²) in [5, 5.41) is 8.79. The molecule has 2 heterocycles. The second kappa shape index (κ2) is 5.09. The van der Waals surface area contributed by atoms with Crippen molar-refractivity contribution in [2.75, 3.05) is 25.1 Å². The number of nitrogens with two attached hydrogens (primary N) is 1. The van der Waals surface area contributed by atoms with Crippen LogP contribution >= 0.6 is 0 Å². The molecule has 1 fully saturated rings. The first kappa shape index (κ1) is 12.9. The highest BCUT2D eigenvalue weighted by atomic mass is 16.5. The number of hydrogen-bond donors (Lipinski definition) is 2. The van der Waals surface area contributed by atoms with Gasteiger partial charge in [-0.1, -0.05) is 18.2 Å². The molecule has 1 aromatic heterocycles. The van der Waals surface area contributed by atoms with Crippen molar-refractivity contribution in [2.24, 2.45) is 5.73 Å². The Labute approximate surface area is 117 Å². The summed E-state index contributed by atoms with van der Waals surface area (Å²) < 4.78 is 5.40. The van der Waals surface area contributed by atoms with E-state index in [1.165, 1.54) is 0 Å². The third-order valence-corrected chi connectivity index (χ3v) is 3.77. The summed E-state index contributed by atoms with van der Waals surface area (Å²) in [4.78, 5) is 6.85. The highest BCUT2D eigenvalue weighted by molar-refractivity contribution is 6.03. The van der Waals surface area contributed by atoms with E-state index in [4.69, 9.17) is 20.9 Å². The Morgan fingerprint density at radius 2 is 2.25 bits per heavy atom. The molecule has 0 bridgehead atoms. The Kier molecular flexibility index (Phi) is 3.28. The van der Waals surface area contributed by atoms with Gasteiger partial charge < -0.3 is 15.4 Å². The largest absolute Gasteiger partial charge is 0.384 e. The molecule has 1 aliphatic heterocycles. The van der Waals surface area contributed by atoms with E-state index in [0.29, 0.717) is 5.56 Å². The van der Waals surface area contributed by atoms with Gasteiger partial charge in [0.2, 0.25) is 0 Å². The van der Waals surface area contributed by atoms with Crippen LogP contribution in [0, 0.1) is 5.41 Å². The summed E-state index contributed by atoms with van der Waals surface area (Å²) in [7, 11) is 1.73. The standard InChI is InChI=1S/C15H18N4O/c1-20-11-6-7-19(9-11)15-12(14(16)17)8-10-4-2-3-5-13(10)18-15/h2-5,8,11H,6-7,9H2,1H3,(H3,16,17). The molecule has 1 aromatic carbocycles. The van der Waals surface area contributed by atoms with Crippen molar-refractivity contribution >= 4 is 22.6 Å². The number of pyridine rings is 1. The minimum absolute atomic E-state index is 0.0547. The highest BCUT2D eigenvalue weighted by Crippen LogP contribution is 2.26. The van der Waals surface area contributed by atoms with E-state index >= 15 is 0 Å². The van der Waals surface area contributed by atoms with Crippen LogP contribution in [0.5, 0.6) is 0 Å². The predicted molar refractivity (Wildman–Crippen MR) is 80.4 cm³/mol. The maximum Gasteiger partial charge on any atom is 0.140 e. The summed E-state index contributed by atoms with van der Waals surface area (Å²) in [6.45, 7) is 1.67. The van der Waals surface area contributed by atoms with Crippen LogP contribution in [0.1, 0.15) is 12.0 Å². The van der Waals surface area contributed by atoms with Crippen LogP contribution in [-0.2, 0) is 4.74 Å². The molecule has 0 radical (unpaired) electrons. The number of anilines is 1. The predicted octanol–water partition coefficient (Wildman–Crippen LogP) is 1.74. The van der Waals surface area contributed by atoms with Crippen molar-refractivity contribution in [3.63, 3.8) is 0 Å². The molecule has 0 aliphatic carbocycles. The lowest BCUT2D eigenvalue weighted by Crippen LogP contribution is -2.26. The Morgan fingerprint density at radius 3 is 2.95 bits per heavy atom. The number of fused-ring (bicyclic) bond motifs is 1. The van der Waals surface area contributed by atoms with Crippen molar-refractivity contribution in [3.8, 4) is 0 Å². The van der Waals surface area contributed by atoms with Gasteiger partial charge in [-0.3, -0.25) is 5.41 Å². The molecule has 0 spiro atoms. The molecular formula is C15H18N4O. The lowest BCUT2D eigenvalue weighted by Gasteiger charge is -2.20. The topological polar surface area (TPSA) is 75.2 Å². The van der Waals surface area contributed by atoms with Gasteiger partial charge in [0, 0.05) is 25.6 Å². The Hall–Kier alpha value is -2.14. The highest BCUT2D eigenvalue weighted by Gasteiger charge is 2.25. The van der Waals surface area contributed by atoms with Crippen molar-refractivity contribution < 1.29 is 4.74 Å². The van der Waals surface area contributed by atoms with Gasteiger partial charge in [-0.15, -0.1) is 0 Å². The number of nitrogens with one attached hydrogen (secondary N) is 1. The number of amidine groups is 1. The van der Waals surface area contributed by atoms with Gasteiger partial charge in [-0.25, -0.2) is 4.98 Å². The van der Waals surface area contributed by atoms with E-state index in [1.54, 1.807) is 7.11 Å². The number of hydrogen-bond acceptors (Lipinski definition) is 4. The molecule has 20 heavy (non-hydrogen) atoms. The summed E-state index contributed by atoms with van der Waals surface area (Å²) in [6, 6.07) is 9.84. The lowest BCUT2D eigenvalue weighted by molar-refractivity contribution is 0.121. The average Bonchev–Trinajstić information content (AvgIpc) is 2.94. The first-order valence-electron chi connectivity index (χ1n) is 6.71. The van der Waals surface area contributed by atoms with Crippen LogP contribution in [-0.4, -0.2) is 37.1 Å². The zero-order chi connectivity index (χ0) is 14.1. The minimum atomic E-state index is 0.0547. The van der Waals surface area contributed by atoms with E-state index in [2.05, 4.69) is 4.90 Å². The van der Waals surface area contributed by atoms with Gasteiger partial charge in [-0.05, 0) is 18.6 Å². The Morgan fingerprint density at radius 1 is 1.45 bits per heavy atom. The third-order valence-electron chi connectivity index (χ3n) is 3.77. The Bertz CT molecular complexity index is 655. The van der Waals surface area contributed by atoms with E-state index in [-0.39, 0.29) is 11.9 Å². The fraction of sp³-hybridized carbons (Fsp3) is 0.333. The second-order valence-electron chi connectivity index (χ2n) is 5.06. The van der Waals surface area contributed by atoms with Crippen LogP contribution < -0.4 is 10.6 Å². The van der Waals surface area contributed by atoms with Crippen LogP contribution in [0.4, 0.5) is 5.82 Å². The molecule has 5 nitrogen and oxygen atoms in total. The van der Waals surface area contributed by atoms with E-state index in [0.717, 1.165) is 36.2 Å². The fourth-order valence-corrected chi connectivity index (χ4v) is 2.66. The quantitative estimate of drug-likeness (QED) is 0.658. The van der Waals surface area contributed by atoms with Crippen molar-refractivity contribution in [3.05, 3.63) is 35.9 Å². The minimum Gasteiger partial charge on any atom is -0.384 e. The SMILES string of the molecule is COC1CCN(c2nc3ccccc3cc2C(=N)N)C1. The van der Waals surface area contributed by atoms with Gasteiger partial charge in [0.1, 0.15) is 11.7 Å². The van der Waals surface area contributed by atoms with Gasteiger partial charge in [0.25, 0.3) is 0 Å². The molecule has 1 unspecified atom stereocenters. The van der Waals surface area contributed by atoms with E-state index in [9.17, 15) is 0 Å². The molecular weight excluding hydrogens is 252 g/mol. The summed E-state index contributed by atoms with van der Waals surface area (Å²) in [5.74, 6) is 0.842. The first-order valence-corrected chi connectivity index (χ1v) is 6.71. The number of aromatic nitrogens is 1. The van der Waals surface area contributed by atoms with Crippen LogP contribution in [0.3, 0.4) is 0 Å². The summed E-state index contributed by atoms with van der Waals surface area (Å²) in [6.07, 6.45) is 1.20. The third kappa shape index (κ3) is 2.20. The molecule has 0 saturated carbocycles. The van der Waals surface area contributed by atoms with Crippen molar-refractivity contribution in [1.82, 2.24) is 4.98 Å².